The number of aromatic amines is 1. The summed E-state index contributed by atoms with van der Waals surface area (Å²) < 4.78 is 26.6. The van der Waals surface area contributed by atoms with Gasteiger partial charge in [-0.3, -0.25) is 0 Å². The van der Waals surface area contributed by atoms with E-state index in [0.29, 0.717) is 16.8 Å². The average Bonchev–Trinajstić information content (AvgIpc) is 2.78. The van der Waals surface area contributed by atoms with Crippen molar-refractivity contribution in [3.8, 4) is 17.1 Å². The number of nitrogen functional groups attached to an aromatic ring is 1. The average molecular weight is 261 g/mol. The van der Waals surface area contributed by atoms with Crippen molar-refractivity contribution in [2.24, 2.45) is 0 Å². The summed E-state index contributed by atoms with van der Waals surface area (Å²) in [7, 11) is 0. The quantitative estimate of drug-likeness (QED) is 0.589. The smallest absolute Gasteiger partial charge is 0.186 e. The van der Waals surface area contributed by atoms with Crippen molar-refractivity contribution in [1.29, 1.82) is 0 Å². The fourth-order valence-electron chi connectivity index (χ4n) is 1.89. The molecule has 96 valence electrons. The minimum absolute atomic E-state index is 0.0834. The van der Waals surface area contributed by atoms with Crippen LogP contribution in [0.3, 0.4) is 0 Å². The number of hydrogen-bond acceptors (Lipinski definition) is 3. The second-order valence-corrected chi connectivity index (χ2v) is 4.12. The third-order valence-corrected chi connectivity index (χ3v) is 2.82. The van der Waals surface area contributed by atoms with Crippen LogP contribution in [0.5, 0.6) is 5.75 Å². The molecule has 0 unspecified atom stereocenters. The number of phenols is 1. The summed E-state index contributed by atoms with van der Waals surface area (Å²) >= 11 is 0. The molecule has 6 heteroatoms. The third kappa shape index (κ3) is 1.77. The highest BCUT2D eigenvalue weighted by molar-refractivity contribution is 5.81. The van der Waals surface area contributed by atoms with E-state index in [-0.39, 0.29) is 17.1 Å². The fourth-order valence-corrected chi connectivity index (χ4v) is 1.89. The van der Waals surface area contributed by atoms with Crippen LogP contribution in [-0.2, 0) is 0 Å². The number of rotatable bonds is 1. The largest absolute Gasteiger partial charge is 0.507 e. The molecule has 4 N–H and O–H groups in total. The maximum Gasteiger partial charge on any atom is 0.186 e. The van der Waals surface area contributed by atoms with E-state index in [0.717, 1.165) is 6.07 Å². The van der Waals surface area contributed by atoms with Gasteiger partial charge in [-0.2, -0.15) is 0 Å². The van der Waals surface area contributed by atoms with Gasteiger partial charge in [0.15, 0.2) is 11.6 Å². The van der Waals surface area contributed by atoms with E-state index < -0.39 is 11.6 Å². The Balaban J connectivity index is 2.23. The monoisotopic (exact) mass is 261 g/mol. The molecule has 19 heavy (non-hydrogen) atoms. The van der Waals surface area contributed by atoms with Gasteiger partial charge in [0.1, 0.15) is 17.1 Å². The number of fused-ring (bicyclic) bond motifs is 1. The molecule has 0 aliphatic rings. The molecule has 3 aromatic rings. The molecule has 0 aliphatic carbocycles. The highest BCUT2D eigenvalue weighted by Crippen LogP contribution is 2.31. The van der Waals surface area contributed by atoms with Crippen molar-refractivity contribution in [3.63, 3.8) is 0 Å². The minimum atomic E-state index is -1.02. The predicted octanol–water partition coefficient (Wildman–Crippen LogP) is 2.80. The number of aromatic hydroxyl groups is 1. The Morgan fingerprint density at radius 1 is 1.16 bits per heavy atom. The molecule has 0 atom stereocenters. The number of H-pyrrole nitrogens is 1. The van der Waals surface area contributed by atoms with E-state index in [4.69, 9.17) is 5.73 Å². The SMILES string of the molecule is Nc1ccc(-c2nc3c(F)c(F)ccc3[nH]2)c(O)c1. The van der Waals surface area contributed by atoms with Gasteiger partial charge in [-0.1, -0.05) is 0 Å². The summed E-state index contributed by atoms with van der Waals surface area (Å²) in [5, 5.41) is 9.79. The Morgan fingerprint density at radius 3 is 2.68 bits per heavy atom. The van der Waals surface area contributed by atoms with Gasteiger partial charge in [-0.15, -0.1) is 0 Å². The fraction of sp³-hybridized carbons (Fsp3) is 0. The highest BCUT2D eigenvalue weighted by Gasteiger charge is 2.14. The first-order valence-corrected chi connectivity index (χ1v) is 5.49. The highest BCUT2D eigenvalue weighted by atomic mass is 19.2. The third-order valence-electron chi connectivity index (χ3n) is 2.82. The minimum Gasteiger partial charge on any atom is -0.507 e. The van der Waals surface area contributed by atoms with Crippen LogP contribution < -0.4 is 5.73 Å². The number of hydrogen-bond donors (Lipinski definition) is 3. The van der Waals surface area contributed by atoms with Gasteiger partial charge in [0.2, 0.25) is 0 Å². The van der Waals surface area contributed by atoms with Crippen molar-refractivity contribution in [2.45, 2.75) is 0 Å². The molecule has 4 nitrogen and oxygen atoms in total. The van der Waals surface area contributed by atoms with Crippen LogP contribution in [0.2, 0.25) is 0 Å². The Hall–Kier alpha value is -2.63. The second kappa shape index (κ2) is 3.94. The second-order valence-electron chi connectivity index (χ2n) is 4.12. The van der Waals surface area contributed by atoms with Crippen molar-refractivity contribution in [3.05, 3.63) is 42.0 Å². The van der Waals surface area contributed by atoms with Crippen LogP contribution in [0.15, 0.2) is 30.3 Å². The van der Waals surface area contributed by atoms with E-state index >= 15 is 0 Å². The number of nitrogens with two attached hydrogens (primary N) is 1. The van der Waals surface area contributed by atoms with Crippen molar-refractivity contribution < 1.29 is 13.9 Å². The molecule has 0 saturated carbocycles. The van der Waals surface area contributed by atoms with Gasteiger partial charge in [0, 0.05) is 11.8 Å². The zero-order chi connectivity index (χ0) is 13.6. The maximum absolute atomic E-state index is 13.6. The molecule has 0 spiro atoms. The molecule has 1 aromatic heterocycles. The van der Waals surface area contributed by atoms with Crippen molar-refractivity contribution in [1.82, 2.24) is 9.97 Å². The van der Waals surface area contributed by atoms with Gasteiger partial charge in [-0.05, 0) is 24.3 Å². The van der Waals surface area contributed by atoms with Crippen molar-refractivity contribution >= 4 is 16.7 Å². The molecule has 1 heterocycles. The Kier molecular flexibility index (Phi) is 2.38. The zero-order valence-corrected chi connectivity index (χ0v) is 9.61. The van der Waals surface area contributed by atoms with Gasteiger partial charge >= 0.3 is 0 Å². The maximum atomic E-state index is 13.6. The van der Waals surface area contributed by atoms with Crippen LogP contribution in [0, 0.1) is 11.6 Å². The summed E-state index contributed by atoms with van der Waals surface area (Å²) in [4.78, 5) is 6.78. The van der Waals surface area contributed by atoms with E-state index in [9.17, 15) is 13.9 Å². The lowest BCUT2D eigenvalue weighted by Gasteiger charge is -2.01. The predicted molar refractivity (Wildman–Crippen MR) is 67.5 cm³/mol. The number of benzene rings is 2. The first-order valence-electron chi connectivity index (χ1n) is 5.49. The van der Waals surface area contributed by atoms with E-state index in [1.165, 1.54) is 12.1 Å². The first-order chi connectivity index (χ1) is 9.06. The molecule has 3 rings (SSSR count). The lowest BCUT2D eigenvalue weighted by molar-refractivity contribution is 0.477. The van der Waals surface area contributed by atoms with Gasteiger partial charge in [-0.25, -0.2) is 13.8 Å². The molecule has 0 amide bonds. The molecule has 0 saturated heterocycles. The number of halogens is 2. The molecule has 0 bridgehead atoms. The van der Waals surface area contributed by atoms with Crippen LogP contribution in [-0.4, -0.2) is 15.1 Å². The zero-order valence-electron chi connectivity index (χ0n) is 9.61. The molecular formula is C13H9F2N3O. The van der Waals surface area contributed by atoms with Gasteiger partial charge in [0.05, 0.1) is 11.1 Å². The van der Waals surface area contributed by atoms with Crippen LogP contribution in [0.1, 0.15) is 0 Å². The lowest BCUT2D eigenvalue weighted by atomic mass is 10.2. The Bertz CT molecular complexity index is 783. The molecule has 0 radical (unpaired) electrons. The topological polar surface area (TPSA) is 74.9 Å². The van der Waals surface area contributed by atoms with Crippen LogP contribution in [0.25, 0.3) is 22.4 Å². The molecular weight excluding hydrogens is 252 g/mol. The molecule has 0 aliphatic heterocycles. The Labute approximate surface area is 106 Å². The van der Waals surface area contributed by atoms with Gasteiger partial charge < -0.3 is 15.8 Å². The molecule has 2 aromatic carbocycles. The number of nitrogens with zero attached hydrogens (tertiary/aromatic N) is 1. The summed E-state index contributed by atoms with van der Waals surface area (Å²) in [6, 6.07) is 6.90. The summed E-state index contributed by atoms with van der Waals surface area (Å²) in [6.45, 7) is 0. The summed E-state index contributed by atoms with van der Waals surface area (Å²) in [5.41, 5.74) is 6.53. The van der Waals surface area contributed by atoms with E-state index in [1.807, 2.05) is 0 Å². The lowest BCUT2D eigenvalue weighted by Crippen LogP contribution is -1.87. The molecule has 0 fully saturated rings. The number of aromatic nitrogens is 2. The van der Waals surface area contributed by atoms with E-state index in [1.54, 1.807) is 12.1 Å². The summed E-state index contributed by atoms with van der Waals surface area (Å²) in [5.74, 6) is -1.82. The number of phenolic OH excluding ortho intramolecular Hbond substituents is 1. The van der Waals surface area contributed by atoms with Crippen molar-refractivity contribution in [2.75, 3.05) is 5.73 Å². The first kappa shape index (κ1) is 11.5. The number of nitrogens with one attached hydrogen (secondary N) is 1. The summed E-state index contributed by atoms with van der Waals surface area (Å²) in [6.07, 6.45) is 0. The van der Waals surface area contributed by atoms with Gasteiger partial charge in [0.25, 0.3) is 0 Å². The number of anilines is 1. The normalized spacial score (nSPS) is 11.1. The number of imidazole rings is 1. The van der Waals surface area contributed by atoms with E-state index in [2.05, 4.69) is 9.97 Å². The standard InChI is InChI=1S/C13H9F2N3O/c14-8-3-4-9-12(11(8)15)18-13(17-9)7-2-1-6(16)5-10(7)19/h1-5,19H,16H2,(H,17,18). The van der Waals surface area contributed by atoms with Crippen LogP contribution >= 0.6 is 0 Å². The van der Waals surface area contributed by atoms with Crippen LogP contribution in [0.4, 0.5) is 14.5 Å². The Morgan fingerprint density at radius 2 is 1.95 bits per heavy atom.